The van der Waals surface area contributed by atoms with Crippen LogP contribution < -0.4 is 10.6 Å². The van der Waals surface area contributed by atoms with Crippen LogP contribution in [-0.4, -0.2) is 40.9 Å². The van der Waals surface area contributed by atoms with Gasteiger partial charge in [0.1, 0.15) is 12.1 Å². The van der Waals surface area contributed by atoms with Crippen LogP contribution in [0.4, 0.5) is 4.79 Å². The largest absolute Gasteiger partial charge is 0.352 e. The molecule has 0 radical (unpaired) electrons. The van der Waals surface area contributed by atoms with Crippen molar-refractivity contribution < 1.29 is 14.4 Å². The number of nitrogens with one attached hydrogen (secondary N) is 2. The quantitative estimate of drug-likeness (QED) is 0.766. The summed E-state index contributed by atoms with van der Waals surface area (Å²) in [7, 11) is 0. The molecule has 2 unspecified atom stereocenters. The number of hydrogen-bond acceptors (Lipinski definition) is 3. The van der Waals surface area contributed by atoms with E-state index in [9.17, 15) is 14.4 Å². The number of nitrogens with zero attached hydrogens (tertiary/aromatic N) is 1. The van der Waals surface area contributed by atoms with E-state index in [1.165, 1.54) is 6.42 Å². The van der Waals surface area contributed by atoms with Gasteiger partial charge in [-0.15, -0.1) is 0 Å². The van der Waals surface area contributed by atoms with E-state index < -0.39 is 11.6 Å². The summed E-state index contributed by atoms with van der Waals surface area (Å²) in [5.74, 6) is 0.664. The van der Waals surface area contributed by atoms with Crippen LogP contribution in [0.5, 0.6) is 0 Å². The average Bonchev–Trinajstić information content (AvgIpc) is 2.82. The Hall–Kier alpha value is -1.59. The summed E-state index contributed by atoms with van der Waals surface area (Å²) in [5.41, 5.74) is -0.763. The first kappa shape index (κ1) is 18.2. The first-order valence-corrected chi connectivity index (χ1v) is 9.88. The third-order valence-electron chi connectivity index (χ3n) is 6.54. The fourth-order valence-electron chi connectivity index (χ4n) is 4.66. The summed E-state index contributed by atoms with van der Waals surface area (Å²) < 4.78 is 0. The van der Waals surface area contributed by atoms with Crippen LogP contribution in [0.3, 0.4) is 0 Å². The molecule has 3 fully saturated rings. The molecule has 1 spiro atoms. The minimum atomic E-state index is -0.763. The van der Waals surface area contributed by atoms with Crippen LogP contribution in [0.2, 0.25) is 0 Å². The lowest BCUT2D eigenvalue weighted by Crippen LogP contribution is -2.50. The lowest BCUT2D eigenvalue weighted by Gasteiger charge is -2.34. The second kappa shape index (κ2) is 7.34. The molecule has 6 heteroatoms. The van der Waals surface area contributed by atoms with E-state index in [0.717, 1.165) is 43.4 Å². The van der Waals surface area contributed by atoms with Crippen molar-refractivity contribution in [2.24, 2.45) is 11.8 Å². The highest BCUT2D eigenvalue weighted by molar-refractivity contribution is 6.09. The number of carbonyl (C=O) groups excluding carboxylic acids is 3. The highest BCUT2D eigenvalue weighted by Crippen LogP contribution is 2.37. The van der Waals surface area contributed by atoms with Gasteiger partial charge in [-0.1, -0.05) is 33.1 Å². The summed E-state index contributed by atoms with van der Waals surface area (Å²) in [4.78, 5) is 38.7. The molecule has 0 aromatic heterocycles. The maximum atomic E-state index is 12.8. The number of rotatable bonds is 4. The van der Waals surface area contributed by atoms with Crippen LogP contribution in [0.1, 0.15) is 71.6 Å². The van der Waals surface area contributed by atoms with Gasteiger partial charge in [0, 0.05) is 6.04 Å². The highest BCUT2D eigenvalue weighted by Gasteiger charge is 2.52. The Morgan fingerprint density at radius 3 is 2.52 bits per heavy atom. The number of carbonyl (C=O) groups is 3. The topological polar surface area (TPSA) is 78.5 Å². The molecule has 1 heterocycles. The Morgan fingerprint density at radius 2 is 1.88 bits per heavy atom. The van der Waals surface area contributed by atoms with Crippen molar-refractivity contribution in [1.82, 2.24) is 15.5 Å². The molecule has 4 amide bonds. The van der Waals surface area contributed by atoms with E-state index in [2.05, 4.69) is 24.5 Å². The second-order valence-corrected chi connectivity index (χ2v) is 8.19. The molecule has 2 saturated carbocycles. The van der Waals surface area contributed by atoms with Gasteiger partial charge >= 0.3 is 6.03 Å². The smallest absolute Gasteiger partial charge is 0.325 e. The van der Waals surface area contributed by atoms with Crippen molar-refractivity contribution in [3.05, 3.63) is 0 Å². The van der Waals surface area contributed by atoms with Crippen LogP contribution in [0.25, 0.3) is 0 Å². The number of amides is 4. The zero-order chi connectivity index (χ0) is 18.0. The zero-order valence-electron chi connectivity index (χ0n) is 15.5. The van der Waals surface area contributed by atoms with E-state index in [-0.39, 0.29) is 24.4 Å². The van der Waals surface area contributed by atoms with Gasteiger partial charge < -0.3 is 10.6 Å². The maximum Gasteiger partial charge on any atom is 0.325 e. The maximum absolute atomic E-state index is 12.8. The third-order valence-corrected chi connectivity index (χ3v) is 6.54. The van der Waals surface area contributed by atoms with Crippen molar-refractivity contribution in [3.63, 3.8) is 0 Å². The normalized spacial score (nSPS) is 35.8. The molecule has 2 aliphatic carbocycles. The van der Waals surface area contributed by atoms with Crippen LogP contribution >= 0.6 is 0 Å². The summed E-state index contributed by atoms with van der Waals surface area (Å²) in [6.45, 7) is 4.16. The number of imide groups is 1. The summed E-state index contributed by atoms with van der Waals surface area (Å²) >= 11 is 0. The van der Waals surface area contributed by atoms with Crippen LogP contribution in [-0.2, 0) is 9.59 Å². The molecule has 140 valence electrons. The fraction of sp³-hybridized carbons (Fsp3) is 0.842. The average molecular weight is 349 g/mol. The van der Waals surface area contributed by atoms with Gasteiger partial charge in [0.15, 0.2) is 0 Å². The molecule has 6 nitrogen and oxygen atoms in total. The van der Waals surface area contributed by atoms with Crippen molar-refractivity contribution in [2.75, 3.05) is 6.54 Å². The van der Waals surface area contributed by atoms with Gasteiger partial charge in [0.25, 0.3) is 5.91 Å². The molecule has 0 bridgehead atoms. The molecule has 3 rings (SSSR count). The van der Waals surface area contributed by atoms with Crippen LogP contribution in [0, 0.1) is 11.8 Å². The first-order valence-electron chi connectivity index (χ1n) is 9.88. The minimum Gasteiger partial charge on any atom is -0.352 e. The van der Waals surface area contributed by atoms with Gasteiger partial charge in [0.05, 0.1) is 0 Å². The van der Waals surface area contributed by atoms with Crippen molar-refractivity contribution in [3.8, 4) is 0 Å². The highest BCUT2D eigenvalue weighted by atomic mass is 16.2. The van der Waals surface area contributed by atoms with Gasteiger partial charge in [0.2, 0.25) is 5.91 Å². The Bertz CT molecular complexity index is 540. The predicted molar refractivity (Wildman–Crippen MR) is 94.8 cm³/mol. The Balaban J connectivity index is 1.58. The van der Waals surface area contributed by atoms with Crippen LogP contribution in [0.15, 0.2) is 0 Å². The second-order valence-electron chi connectivity index (χ2n) is 8.19. The van der Waals surface area contributed by atoms with Crippen molar-refractivity contribution in [2.45, 2.75) is 83.2 Å². The monoisotopic (exact) mass is 349 g/mol. The van der Waals surface area contributed by atoms with E-state index in [1.54, 1.807) is 0 Å². The SMILES string of the molecule is CCC1CCC2(CC1)NC(=O)N(CC(=O)NC1CCCCC1C)C2=O. The van der Waals surface area contributed by atoms with Gasteiger partial charge in [-0.3, -0.25) is 14.5 Å². The molecule has 1 saturated heterocycles. The zero-order valence-corrected chi connectivity index (χ0v) is 15.5. The molecular formula is C19H31N3O3. The minimum absolute atomic E-state index is 0.160. The summed E-state index contributed by atoms with van der Waals surface area (Å²) in [5, 5.41) is 5.92. The molecule has 3 aliphatic rings. The van der Waals surface area contributed by atoms with E-state index in [1.807, 2.05) is 0 Å². The summed E-state index contributed by atoms with van der Waals surface area (Å²) in [6.07, 6.45) is 8.85. The molecule has 2 N–H and O–H groups in total. The van der Waals surface area contributed by atoms with E-state index in [4.69, 9.17) is 0 Å². The lowest BCUT2D eigenvalue weighted by atomic mass is 9.75. The lowest BCUT2D eigenvalue weighted by molar-refractivity contribution is -0.136. The molecule has 0 aromatic rings. The van der Waals surface area contributed by atoms with Gasteiger partial charge in [-0.25, -0.2) is 4.79 Å². The molecule has 25 heavy (non-hydrogen) atoms. The van der Waals surface area contributed by atoms with Gasteiger partial charge in [-0.2, -0.15) is 0 Å². The third kappa shape index (κ3) is 3.67. The molecular weight excluding hydrogens is 318 g/mol. The molecule has 1 aliphatic heterocycles. The Kier molecular flexibility index (Phi) is 5.35. The van der Waals surface area contributed by atoms with Gasteiger partial charge in [-0.05, 0) is 50.4 Å². The molecule has 2 atom stereocenters. The number of hydrogen-bond donors (Lipinski definition) is 2. The van der Waals surface area contributed by atoms with E-state index >= 15 is 0 Å². The Labute approximate surface area is 150 Å². The summed E-state index contributed by atoms with van der Waals surface area (Å²) in [6, 6.07) is -0.247. The van der Waals surface area contributed by atoms with E-state index in [0.29, 0.717) is 24.7 Å². The first-order chi connectivity index (χ1) is 11.9. The van der Waals surface area contributed by atoms with Crippen molar-refractivity contribution in [1.29, 1.82) is 0 Å². The Morgan fingerprint density at radius 1 is 1.20 bits per heavy atom. The predicted octanol–water partition coefficient (Wildman–Crippen LogP) is 2.57. The van der Waals surface area contributed by atoms with Crippen molar-refractivity contribution >= 4 is 17.8 Å². The number of urea groups is 1. The standard InChI is InChI=1S/C19H31N3O3/c1-3-14-8-10-19(11-9-14)17(24)22(18(25)21-19)12-16(23)20-15-7-5-4-6-13(15)2/h13-15H,3-12H2,1-2H3,(H,20,23)(H,21,25). The molecule has 0 aromatic carbocycles. The fourth-order valence-corrected chi connectivity index (χ4v) is 4.66.